The molecule has 2 aromatic rings. The van der Waals surface area contributed by atoms with Gasteiger partial charge in [0.2, 0.25) is 5.76 Å². The summed E-state index contributed by atoms with van der Waals surface area (Å²) >= 11 is 0. The maximum absolute atomic E-state index is 10.9. The third-order valence-electron chi connectivity index (χ3n) is 2.84. The van der Waals surface area contributed by atoms with Crippen LogP contribution in [0.15, 0.2) is 27.3 Å². The number of aldehydes is 1. The zero-order chi connectivity index (χ0) is 13.8. The summed E-state index contributed by atoms with van der Waals surface area (Å²) in [6, 6.07) is 3.43. The average Bonchev–Trinajstić information content (AvgIpc) is 2.98. The second-order valence-electron chi connectivity index (χ2n) is 4.12. The van der Waals surface area contributed by atoms with E-state index in [2.05, 4.69) is 5.16 Å². The van der Waals surface area contributed by atoms with E-state index in [4.69, 9.17) is 8.94 Å². The molecule has 2 aromatic heterocycles. The van der Waals surface area contributed by atoms with Crippen LogP contribution in [0.25, 0.3) is 0 Å². The molecule has 19 heavy (non-hydrogen) atoms. The quantitative estimate of drug-likeness (QED) is 0.451. The lowest BCUT2D eigenvalue weighted by atomic mass is 9.97. The van der Waals surface area contributed by atoms with Gasteiger partial charge in [-0.05, 0) is 19.1 Å². The Bertz CT molecular complexity index is 573. The summed E-state index contributed by atoms with van der Waals surface area (Å²) in [4.78, 5) is 21.1. The molecular formula is C12H12N2O5. The van der Waals surface area contributed by atoms with E-state index in [1.54, 1.807) is 12.1 Å². The number of furan rings is 1. The Hall–Kier alpha value is -2.44. The Morgan fingerprint density at radius 2 is 2.37 bits per heavy atom. The second-order valence-corrected chi connectivity index (χ2v) is 4.12. The number of aryl methyl sites for hydroxylation is 1. The summed E-state index contributed by atoms with van der Waals surface area (Å²) < 4.78 is 10.2. The van der Waals surface area contributed by atoms with E-state index >= 15 is 0 Å². The molecule has 1 atom stereocenters. The van der Waals surface area contributed by atoms with Crippen molar-refractivity contribution < 1.29 is 18.7 Å². The lowest BCUT2D eigenvalue weighted by molar-refractivity contribution is -0.386. The van der Waals surface area contributed by atoms with Gasteiger partial charge in [0.1, 0.15) is 12.0 Å². The molecule has 0 aromatic carbocycles. The van der Waals surface area contributed by atoms with Crippen molar-refractivity contribution in [3.8, 4) is 0 Å². The predicted molar refractivity (Wildman–Crippen MR) is 63.7 cm³/mol. The molecule has 0 spiro atoms. The van der Waals surface area contributed by atoms with Gasteiger partial charge in [0.25, 0.3) is 0 Å². The first-order valence-corrected chi connectivity index (χ1v) is 5.70. The molecule has 0 bridgehead atoms. The monoisotopic (exact) mass is 264 g/mol. The average molecular weight is 264 g/mol. The maximum Gasteiger partial charge on any atom is 0.334 e. The van der Waals surface area contributed by atoms with E-state index in [0.717, 1.165) is 6.29 Å². The normalized spacial score (nSPS) is 12.3. The number of hydrogen-bond acceptors (Lipinski definition) is 6. The molecule has 7 heteroatoms. The lowest BCUT2D eigenvalue weighted by Crippen LogP contribution is -2.04. The van der Waals surface area contributed by atoms with Crippen LogP contribution in [-0.2, 0) is 11.2 Å². The molecule has 2 heterocycles. The Labute approximate surface area is 108 Å². The Kier molecular flexibility index (Phi) is 3.74. The summed E-state index contributed by atoms with van der Waals surface area (Å²) in [5, 5.41) is 14.5. The van der Waals surface area contributed by atoms with E-state index in [1.807, 2.05) is 0 Å². The second kappa shape index (κ2) is 5.47. The highest BCUT2D eigenvalue weighted by Gasteiger charge is 2.28. The van der Waals surface area contributed by atoms with Gasteiger partial charge in [0.15, 0.2) is 5.69 Å². The Morgan fingerprint density at radius 3 is 2.95 bits per heavy atom. The highest BCUT2D eigenvalue weighted by Crippen LogP contribution is 2.30. The summed E-state index contributed by atoms with van der Waals surface area (Å²) in [5.74, 6) is 0.458. The molecule has 0 amide bonds. The fraction of sp³-hybridized carbons (Fsp3) is 0.333. The smallest absolute Gasteiger partial charge is 0.334 e. The fourth-order valence-corrected chi connectivity index (χ4v) is 1.94. The molecule has 0 fully saturated rings. The van der Waals surface area contributed by atoms with Crippen LogP contribution in [0.2, 0.25) is 0 Å². The highest BCUT2D eigenvalue weighted by molar-refractivity contribution is 5.51. The van der Waals surface area contributed by atoms with Crippen molar-refractivity contribution in [2.45, 2.75) is 25.7 Å². The van der Waals surface area contributed by atoms with Crippen molar-refractivity contribution in [2.75, 3.05) is 0 Å². The molecular weight excluding hydrogens is 252 g/mol. The molecule has 100 valence electrons. The molecule has 0 unspecified atom stereocenters. The zero-order valence-electron chi connectivity index (χ0n) is 10.2. The highest BCUT2D eigenvalue weighted by atomic mass is 16.6. The summed E-state index contributed by atoms with van der Waals surface area (Å²) in [7, 11) is 0. The minimum atomic E-state index is -0.527. The van der Waals surface area contributed by atoms with E-state index in [9.17, 15) is 14.9 Å². The van der Waals surface area contributed by atoms with Gasteiger partial charge in [-0.2, -0.15) is 0 Å². The maximum atomic E-state index is 10.9. The topological polar surface area (TPSA) is 99.4 Å². The third kappa shape index (κ3) is 2.70. The van der Waals surface area contributed by atoms with Gasteiger partial charge in [-0.25, -0.2) is 0 Å². The van der Waals surface area contributed by atoms with Crippen molar-refractivity contribution >= 4 is 12.0 Å². The third-order valence-corrected chi connectivity index (χ3v) is 2.84. The Balaban J connectivity index is 2.27. The molecule has 0 aliphatic rings. The van der Waals surface area contributed by atoms with Crippen molar-refractivity contribution in [3.63, 3.8) is 0 Å². The summed E-state index contributed by atoms with van der Waals surface area (Å²) in [6.45, 7) is 1.51. The number of carbonyl (C=O) groups is 1. The van der Waals surface area contributed by atoms with Crippen molar-refractivity contribution in [1.82, 2.24) is 5.16 Å². The van der Waals surface area contributed by atoms with Gasteiger partial charge < -0.3 is 13.7 Å². The first-order valence-electron chi connectivity index (χ1n) is 5.70. The number of rotatable bonds is 6. The standard InChI is InChI=1S/C12H12N2O5/c1-8-12(14(16)17)11(19-13-8)7-9(4-5-15)10-3-2-6-18-10/h2-3,5-6,9H,4,7H2,1H3/t9-/m0/s1. The zero-order valence-corrected chi connectivity index (χ0v) is 10.2. The van der Waals surface area contributed by atoms with Crippen molar-refractivity contribution in [1.29, 1.82) is 0 Å². The fourth-order valence-electron chi connectivity index (χ4n) is 1.94. The lowest BCUT2D eigenvalue weighted by Gasteiger charge is -2.08. The molecule has 0 aliphatic heterocycles. The largest absolute Gasteiger partial charge is 0.469 e. The number of nitro groups is 1. The predicted octanol–water partition coefficient (Wildman–Crippen LogP) is 2.40. The molecule has 2 rings (SSSR count). The van der Waals surface area contributed by atoms with E-state index in [1.165, 1.54) is 13.2 Å². The van der Waals surface area contributed by atoms with Crippen LogP contribution >= 0.6 is 0 Å². The number of carbonyl (C=O) groups excluding carboxylic acids is 1. The molecule has 0 radical (unpaired) electrons. The molecule has 0 saturated carbocycles. The SMILES string of the molecule is Cc1noc(C[C@H](CC=O)c2ccco2)c1[N+](=O)[O-]. The van der Waals surface area contributed by atoms with Gasteiger partial charge in [0, 0.05) is 18.8 Å². The van der Waals surface area contributed by atoms with E-state index < -0.39 is 4.92 Å². The van der Waals surface area contributed by atoms with Crippen LogP contribution in [0.1, 0.15) is 29.6 Å². The molecule has 0 aliphatic carbocycles. The van der Waals surface area contributed by atoms with Crippen molar-refractivity contribution in [3.05, 3.63) is 45.7 Å². The van der Waals surface area contributed by atoms with E-state index in [0.29, 0.717) is 5.76 Å². The van der Waals surface area contributed by atoms with Crippen LogP contribution in [0, 0.1) is 17.0 Å². The summed E-state index contributed by atoms with van der Waals surface area (Å²) in [5.41, 5.74) is 0.0896. The Morgan fingerprint density at radius 1 is 1.58 bits per heavy atom. The van der Waals surface area contributed by atoms with Crippen LogP contribution in [-0.4, -0.2) is 16.4 Å². The first-order chi connectivity index (χ1) is 9.13. The molecule has 7 nitrogen and oxygen atoms in total. The number of nitrogens with zero attached hydrogens (tertiary/aromatic N) is 2. The minimum absolute atomic E-state index is 0.137. The first kappa shape index (κ1) is 13.0. The van der Waals surface area contributed by atoms with Crippen LogP contribution in [0.3, 0.4) is 0 Å². The van der Waals surface area contributed by atoms with Gasteiger partial charge in [-0.1, -0.05) is 5.16 Å². The van der Waals surface area contributed by atoms with Crippen LogP contribution in [0.4, 0.5) is 5.69 Å². The van der Waals surface area contributed by atoms with Crippen LogP contribution in [0.5, 0.6) is 0 Å². The minimum Gasteiger partial charge on any atom is -0.469 e. The van der Waals surface area contributed by atoms with Gasteiger partial charge in [-0.3, -0.25) is 10.1 Å². The van der Waals surface area contributed by atoms with Gasteiger partial charge in [-0.15, -0.1) is 0 Å². The van der Waals surface area contributed by atoms with Crippen LogP contribution < -0.4 is 0 Å². The van der Waals surface area contributed by atoms with Crippen molar-refractivity contribution in [2.24, 2.45) is 0 Å². The number of hydrogen-bond donors (Lipinski definition) is 0. The van der Waals surface area contributed by atoms with Gasteiger partial charge in [0.05, 0.1) is 11.2 Å². The molecule has 0 saturated heterocycles. The number of aromatic nitrogens is 1. The van der Waals surface area contributed by atoms with E-state index in [-0.39, 0.29) is 35.9 Å². The summed E-state index contributed by atoms with van der Waals surface area (Å²) in [6.07, 6.45) is 2.64. The van der Waals surface area contributed by atoms with Gasteiger partial charge >= 0.3 is 5.69 Å². The molecule has 0 N–H and O–H groups in total.